The third-order valence-electron chi connectivity index (χ3n) is 5.23. The monoisotopic (exact) mass is 394 g/mol. The van der Waals surface area contributed by atoms with Gasteiger partial charge in [0.25, 0.3) is 0 Å². The van der Waals surface area contributed by atoms with Crippen molar-refractivity contribution in [2.45, 2.75) is 24.9 Å². The zero-order valence-electron chi connectivity index (χ0n) is 14.9. The first-order valence-corrected chi connectivity index (χ1v) is 11.3. The van der Waals surface area contributed by atoms with Crippen molar-refractivity contribution in [1.29, 1.82) is 0 Å². The molecule has 0 amide bonds. The molecule has 1 saturated heterocycles. The predicted octanol–water partition coefficient (Wildman–Crippen LogP) is 2.64. The molecule has 0 saturated carbocycles. The second-order valence-electron chi connectivity index (χ2n) is 6.79. The maximum absolute atomic E-state index is 11.8. The Bertz CT molecular complexity index is 898. The number of methoxy groups -OCH3 is 1. The van der Waals surface area contributed by atoms with E-state index in [0.717, 1.165) is 22.7 Å². The first kappa shape index (κ1) is 17.9. The van der Waals surface area contributed by atoms with Crippen LogP contribution in [0.25, 0.3) is 10.6 Å². The minimum absolute atomic E-state index is 0.365. The topological polar surface area (TPSA) is 68.7 Å². The molecule has 2 aliphatic rings. The van der Waals surface area contributed by atoms with E-state index < -0.39 is 10.0 Å². The van der Waals surface area contributed by atoms with Crippen LogP contribution in [0.4, 0.5) is 0 Å². The maximum Gasteiger partial charge on any atom is 0.211 e. The van der Waals surface area contributed by atoms with E-state index in [1.54, 1.807) is 28.9 Å². The number of pyridine rings is 1. The largest absolute Gasteiger partial charge is 0.495 e. The summed E-state index contributed by atoms with van der Waals surface area (Å²) in [7, 11) is -1.52. The fourth-order valence-corrected chi connectivity index (χ4v) is 5.84. The summed E-state index contributed by atoms with van der Waals surface area (Å²) in [5.41, 5.74) is 1.78. The molecular formula is C18H22N2O4S2. The van der Waals surface area contributed by atoms with Gasteiger partial charge >= 0.3 is 0 Å². The van der Waals surface area contributed by atoms with Gasteiger partial charge in [0.15, 0.2) is 0 Å². The van der Waals surface area contributed by atoms with E-state index in [1.165, 1.54) is 16.7 Å². The zero-order valence-corrected chi connectivity index (χ0v) is 16.5. The molecule has 0 radical (unpaired) electrons. The highest BCUT2D eigenvalue weighted by Crippen LogP contribution is 2.46. The molecule has 2 aliphatic heterocycles. The van der Waals surface area contributed by atoms with Crippen molar-refractivity contribution in [2.24, 2.45) is 0 Å². The zero-order chi connectivity index (χ0) is 18.4. The minimum Gasteiger partial charge on any atom is -0.495 e. The number of piperidine rings is 1. The molecular weight excluding hydrogens is 372 g/mol. The van der Waals surface area contributed by atoms with Crippen molar-refractivity contribution >= 4 is 21.4 Å². The van der Waals surface area contributed by atoms with Gasteiger partial charge in [-0.25, -0.2) is 12.7 Å². The van der Waals surface area contributed by atoms with Gasteiger partial charge < -0.3 is 9.47 Å². The highest BCUT2D eigenvalue weighted by atomic mass is 32.2. The van der Waals surface area contributed by atoms with Gasteiger partial charge in [-0.15, -0.1) is 11.3 Å². The summed E-state index contributed by atoms with van der Waals surface area (Å²) in [6.07, 6.45) is 5.29. The second-order valence-corrected chi connectivity index (χ2v) is 9.90. The third kappa shape index (κ3) is 3.15. The number of hydrogen-bond donors (Lipinski definition) is 0. The Morgan fingerprint density at radius 3 is 2.69 bits per heavy atom. The fourth-order valence-electron chi connectivity index (χ4n) is 3.78. The van der Waals surface area contributed by atoms with Crippen molar-refractivity contribution < 1.29 is 17.9 Å². The number of sulfonamides is 1. The lowest BCUT2D eigenvalue weighted by Crippen LogP contribution is -2.47. The van der Waals surface area contributed by atoms with E-state index in [-0.39, 0.29) is 5.60 Å². The number of rotatable bonds is 3. The van der Waals surface area contributed by atoms with Crippen LogP contribution in [0.2, 0.25) is 0 Å². The number of aromatic nitrogens is 1. The summed E-state index contributed by atoms with van der Waals surface area (Å²) in [6.45, 7) is 1.69. The minimum atomic E-state index is -3.14. The highest BCUT2D eigenvalue weighted by molar-refractivity contribution is 7.88. The van der Waals surface area contributed by atoms with Gasteiger partial charge in [-0.2, -0.15) is 0 Å². The molecule has 6 nitrogen and oxygen atoms in total. The molecule has 26 heavy (non-hydrogen) atoms. The van der Waals surface area contributed by atoms with Crippen LogP contribution in [-0.2, 0) is 26.8 Å². The third-order valence-corrected chi connectivity index (χ3v) is 7.75. The van der Waals surface area contributed by atoms with Gasteiger partial charge in [0, 0.05) is 24.4 Å². The molecule has 4 rings (SSSR count). The molecule has 0 unspecified atom stereocenters. The fraction of sp³-hybridized carbons (Fsp3) is 0.500. The number of ether oxygens (including phenoxy) is 2. The van der Waals surface area contributed by atoms with Crippen LogP contribution >= 0.6 is 11.3 Å². The summed E-state index contributed by atoms with van der Waals surface area (Å²) < 4.78 is 36.6. The predicted molar refractivity (Wildman–Crippen MR) is 101 cm³/mol. The van der Waals surface area contributed by atoms with E-state index in [0.29, 0.717) is 32.5 Å². The van der Waals surface area contributed by atoms with Crippen LogP contribution in [0.15, 0.2) is 24.4 Å². The molecule has 0 bridgehead atoms. The standard InChI is InChI=1S/C18H22N2O4S2/c1-23-13-3-4-15(19-12-13)17-11-14-16(25-17)5-10-24-18(14)6-8-20(9-7-18)26(2,21)22/h3-4,11-12H,5-10H2,1-2H3. The molecule has 1 spiro atoms. The summed E-state index contributed by atoms with van der Waals surface area (Å²) >= 11 is 1.76. The van der Waals surface area contributed by atoms with Crippen LogP contribution in [0.1, 0.15) is 23.3 Å². The van der Waals surface area contributed by atoms with Gasteiger partial charge in [0.1, 0.15) is 5.75 Å². The first-order chi connectivity index (χ1) is 12.4. The summed E-state index contributed by atoms with van der Waals surface area (Å²) in [4.78, 5) is 6.95. The van der Waals surface area contributed by atoms with Crippen LogP contribution in [-0.4, -0.2) is 50.8 Å². The number of fused-ring (bicyclic) bond motifs is 2. The Kier molecular flexibility index (Phi) is 4.54. The van der Waals surface area contributed by atoms with E-state index in [2.05, 4.69) is 11.1 Å². The van der Waals surface area contributed by atoms with Crippen molar-refractivity contribution in [2.75, 3.05) is 33.1 Å². The lowest BCUT2D eigenvalue weighted by molar-refractivity contribution is -0.0882. The van der Waals surface area contributed by atoms with E-state index >= 15 is 0 Å². The highest BCUT2D eigenvalue weighted by Gasteiger charge is 2.43. The smallest absolute Gasteiger partial charge is 0.211 e. The number of nitrogens with zero attached hydrogens (tertiary/aromatic N) is 2. The average Bonchev–Trinajstić information content (AvgIpc) is 3.07. The summed E-state index contributed by atoms with van der Waals surface area (Å²) in [5, 5.41) is 0. The molecule has 0 N–H and O–H groups in total. The average molecular weight is 395 g/mol. The van der Waals surface area contributed by atoms with Gasteiger partial charge in [-0.1, -0.05) is 0 Å². The van der Waals surface area contributed by atoms with Gasteiger partial charge in [-0.3, -0.25) is 4.98 Å². The second kappa shape index (κ2) is 6.60. The number of hydrogen-bond acceptors (Lipinski definition) is 6. The van der Waals surface area contributed by atoms with Crippen LogP contribution < -0.4 is 4.74 Å². The summed E-state index contributed by atoms with van der Waals surface area (Å²) in [5.74, 6) is 0.739. The molecule has 140 valence electrons. The van der Waals surface area contributed by atoms with Crippen LogP contribution in [0.3, 0.4) is 0 Å². The molecule has 0 aliphatic carbocycles. The number of thiophene rings is 1. The molecule has 2 aromatic rings. The maximum atomic E-state index is 11.8. The Morgan fingerprint density at radius 1 is 1.31 bits per heavy atom. The van der Waals surface area contributed by atoms with E-state index in [9.17, 15) is 8.42 Å². The Balaban J connectivity index is 1.64. The molecule has 0 aromatic carbocycles. The quantitative estimate of drug-likeness (QED) is 0.801. The first-order valence-electron chi connectivity index (χ1n) is 8.64. The van der Waals surface area contributed by atoms with Gasteiger partial charge in [-0.05, 0) is 36.6 Å². The van der Waals surface area contributed by atoms with Crippen molar-refractivity contribution in [3.8, 4) is 16.3 Å². The van der Waals surface area contributed by atoms with Gasteiger partial charge in [0.05, 0.1) is 42.3 Å². The van der Waals surface area contributed by atoms with Crippen LogP contribution in [0.5, 0.6) is 5.75 Å². The van der Waals surface area contributed by atoms with Crippen molar-refractivity contribution in [1.82, 2.24) is 9.29 Å². The van der Waals surface area contributed by atoms with Gasteiger partial charge in [0.2, 0.25) is 10.0 Å². The molecule has 8 heteroatoms. The lowest BCUT2D eigenvalue weighted by Gasteiger charge is -2.43. The lowest BCUT2D eigenvalue weighted by atomic mass is 9.83. The molecule has 4 heterocycles. The summed E-state index contributed by atoms with van der Waals surface area (Å²) in [6, 6.07) is 6.07. The Labute approximate surface area is 157 Å². The van der Waals surface area contributed by atoms with E-state index in [4.69, 9.17) is 9.47 Å². The van der Waals surface area contributed by atoms with E-state index in [1.807, 2.05) is 12.1 Å². The molecule has 2 aromatic heterocycles. The van der Waals surface area contributed by atoms with Crippen molar-refractivity contribution in [3.05, 3.63) is 34.8 Å². The van der Waals surface area contributed by atoms with Crippen molar-refractivity contribution in [3.63, 3.8) is 0 Å². The normalized spacial score (nSPS) is 20.1. The van der Waals surface area contributed by atoms with Crippen LogP contribution in [0, 0.1) is 0 Å². The SMILES string of the molecule is COc1ccc(-c2cc3c(s2)CCOC32CCN(S(C)(=O)=O)CC2)nc1. The molecule has 0 atom stereocenters. The molecule has 1 fully saturated rings. The Morgan fingerprint density at radius 2 is 2.08 bits per heavy atom. The Hall–Kier alpha value is -1.48.